The van der Waals surface area contributed by atoms with Gasteiger partial charge in [0.25, 0.3) is 0 Å². The number of hydrogen-bond donors (Lipinski definition) is 0. The Labute approximate surface area is 81.9 Å². The van der Waals surface area contributed by atoms with Crippen molar-refractivity contribution < 1.29 is 4.79 Å². The smallest absolute Gasteiger partial charge is 0.225 e. The van der Waals surface area contributed by atoms with E-state index in [2.05, 4.69) is 16.9 Å². The van der Waals surface area contributed by atoms with Gasteiger partial charge in [0.15, 0.2) is 0 Å². The van der Waals surface area contributed by atoms with Crippen molar-refractivity contribution in [1.29, 1.82) is 0 Å². The van der Waals surface area contributed by atoms with Crippen LogP contribution in [0.3, 0.4) is 0 Å². The van der Waals surface area contributed by atoms with Crippen LogP contribution in [0.25, 0.3) is 10.4 Å². The second-order valence-corrected chi connectivity index (χ2v) is 3.97. The van der Waals surface area contributed by atoms with Gasteiger partial charge in [-0.15, -0.1) is 0 Å². The van der Waals surface area contributed by atoms with Crippen LogP contribution in [0.2, 0.25) is 0 Å². The fraction of sp³-hybridized carbons (Fsp3) is 0.875. The van der Waals surface area contributed by atoms with Gasteiger partial charge in [0.1, 0.15) is 0 Å². The Bertz CT molecular complexity index is 250. The summed E-state index contributed by atoms with van der Waals surface area (Å²) in [5.41, 5.74) is 8.31. The van der Waals surface area contributed by atoms with Crippen molar-refractivity contribution in [2.24, 2.45) is 17.0 Å². The monoisotopic (exact) mass is 201 g/mol. The molecular weight excluding hydrogens is 190 g/mol. The van der Waals surface area contributed by atoms with E-state index in [-0.39, 0.29) is 17.2 Å². The maximum absolute atomic E-state index is 11.0. The molecule has 0 bridgehead atoms. The zero-order valence-electron chi connectivity index (χ0n) is 7.48. The molecule has 1 rings (SSSR count). The number of nitrogens with zero attached hydrogens (tertiary/aromatic N) is 3. The van der Waals surface area contributed by atoms with Gasteiger partial charge in [-0.05, 0) is 42.3 Å². The second kappa shape index (κ2) is 4.49. The number of halogens is 1. The van der Waals surface area contributed by atoms with E-state index in [9.17, 15) is 4.79 Å². The highest BCUT2D eigenvalue weighted by atomic mass is 35.5. The van der Waals surface area contributed by atoms with E-state index < -0.39 is 0 Å². The molecule has 1 fully saturated rings. The van der Waals surface area contributed by atoms with Crippen LogP contribution in [0.1, 0.15) is 26.2 Å². The van der Waals surface area contributed by atoms with E-state index in [1.54, 1.807) is 0 Å². The van der Waals surface area contributed by atoms with Crippen molar-refractivity contribution in [3.63, 3.8) is 0 Å². The third kappa shape index (κ3) is 2.61. The zero-order chi connectivity index (χ0) is 9.84. The molecule has 13 heavy (non-hydrogen) atoms. The highest BCUT2D eigenvalue weighted by Crippen LogP contribution is 2.32. The third-order valence-corrected chi connectivity index (χ3v) is 2.85. The van der Waals surface area contributed by atoms with Crippen LogP contribution in [0.5, 0.6) is 0 Å². The molecule has 0 aliphatic heterocycles. The Morgan fingerprint density at radius 1 is 1.62 bits per heavy atom. The minimum Gasteiger partial charge on any atom is -0.281 e. The number of azide groups is 1. The highest BCUT2D eigenvalue weighted by Gasteiger charge is 2.31. The second-order valence-electron chi connectivity index (χ2n) is 3.60. The largest absolute Gasteiger partial charge is 0.281 e. The van der Waals surface area contributed by atoms with E-state index in [1.165, 1.54) is 0 Å². The summed E-state index contributed by atoms with van der Waals surface area (Å²) in [5, 5.41) is 3.24. The van der Waals surface area contributed by atoms with Crippen molar-refractivity contribution in [3.8, 4) is 0 Å². The highest BCUT2D eigenvalue weighted by molar-refractivity contribution is 6.64. The first kappa shape index (κ1) is 10.4. The van der Waals surface area contributed by atoms with Crippen molar-refractivity contribution in [3.05, 3.63) is 10.4 Å². The molecule has 1 aliphatic rings. The van der Waals surface area contributed by atoms with Crippen LogP contribution in [0.15, 0.2) is 5.11 Å². The van der Waals surface area contributed by atoms with E-state index in [4.69, 9.17) is 17.1 Å². The Kier molecular flexibility index (Phi) is 3.58. The molecule has 0 heterocycles. The van der Waals surface area contributed by atoms with Crippen LogP contribution in [0.4, 0.5) is 0 Å². The maximum atomic E-state index is 11.0. The lowest BCUT2D eigenvalue weighted by Crippen LogP contribution is -2.30. The van der Waals surface area contributed by atoms with Gasteiger partial charge >= 0.3 is 0 Å². The molecule has 0 saturated heterocycles. The predicted octanol–water partition coefficient (Wildman–Crippen LogP) is 2.87. The summed E-state index contributed by atoms with van der Waals surface area (Å²) in [4.78, 5) is 13.7. The van der Waals surface area contributed by atoms with E-state index in [0.29, 0.717) is 5.92 Å². The standard InChI is InChI=1S/C8H12ClN3O/c1-5-2-3-6(8(9)13)7(4-5)11-12-10/h5-7H,2-4H2,1H3. The lowest BCUT2D eigenvalue weighted by atomic mass is 9.80. The Morgan fingerprint density at radius 2 is 2.31 bits per heavy atom. The van der Waals surface area contributed by atoms with Gasteiger partial charge < -0.3 is 0 Å². The van der Waals surface area contributed by atoms with E-state index in [1.807, 2.05) is 0 Å². The first-order valence-electron chi connectivity index (χ1n) is 4.38. The van der Waals surface area contributed by atoms with Crippen molar-refractivity contribution >= 4 is 16.8 Å². The Hall–Kier alpha value is -0.730. The molecule has 0 N–H and O–H groups in total. The topological polar surface area (TPSA) is 65.8 Å². The molecule has 4 nitrogen and oxygen atoms in total. The summed E-state index contributed by atoms with van der Waals surface area (Å²) in [6, 6.07) is -0.237. The van der Waals surface area contributed by atoms with Crippen LogP contribution >= 0.6 is 11.6 Å². The molecule has 1 saturated carbocycles. The molecule has 3 unspecified atom stereocenters. The molecule has 0 aromatic carbocycles. The molecule has 0 aromatic rings. The van der Waals surface area contributed by atoms with Gasteiger partial charge in [0.05, 0.1) is 0 Å². The minimum absolute atomic E-state index is 0.237. The first-order valence-corrected chi connectivity index (χ1v) is 4.76. The predicted molar refractivity (Wildman–Crippen MR) is 50.3 cm³/mol. The van der Waals surface area contributed by atoms with Gasteiger partial charge in [-0.1, -0.05) is 12.0 Å². The van der Waals surface area contributed by atoms with E-state index in [0.717, 1.165) is 19.3 Å². The summed E-state index contributed by atoms with van der Waals surface area (Å²) >= 11 is 5.41. The molecule has 3 atom stereocenters. The summed E-state index contributed by atoms with van der Waals surface area (Å²) in [6.07, 6.45) is 2.50. The first-order chi connectivity index (χ1) is 6.15. The fourth-order valence-electron chi connectivity index (χ4n) is 1.81. The summed E-state index contributed by atoms with van der Waals surface area (Å²) in [7, 11) is 0. The molecular formula is C8H12ClN3O. The lowest BCUT2D eigenvalue weighted by molar-refractivity contribution is -0.116. The number of carbonyl (C=O) groups excluding carboxylic acids is 1. The average Bonchev–Trinajstić information content (AvgIpc) is 2.04. The molecule has 0 spiro atoms. The van der Waals surface area contributed by atoms with Gasteiger partial charge in [-0.25, -0.2) is 0 Å². The maximum Gasteiger partial charge on any atom is 0.225 e. The summed E-state index contributed by atoms with van der Waals surface area (Å²) in [6.45, 7) is 2.09. The number of rotatable bonds is 2. The normalized spacial score (nSPS) is 33.5. The third-order valence-electron chi connectivity index (χ3n) is 2.57. The molecule has 0 amide bonds. The van der Waals surface area contributed by atoms with Crippen LogP contribution < -0.4 is 0 Å². The van der Waals surface area contributed by atoms with Crippen molar-refractivity contribution in [1.82, 2.24) is 0 Å². The SMILES string of the molecule is CC1CCC(C(=O)Cl)C(N=[N+]=[N-])C1. The number of hydrogen-bond acceptors (Lipinski definition) is 2. The zero-order valence-corrected chi connectivity index (χ0v) is 8.24. The van der Waals surface area contributed by atoms with Crippen LogP contribution in [0, 0.1) is 11.8 Å². The summed E-state index contributed by atoms with van der Waals surface area (Å²) < 4.78 is 0. The van der Waals surface area contributed by atoms with Gasteiger partial charge in [-0.2, -0.15) is 0 Å². The Morgan fingerprint density at radius 3 is 2.85 bits per heavy atom. The van der Waals surface area contributed by atoms with Gasteiger partial charge in [0, 0.05) is 16.9 Å². The van der Waals surface area contributed by atoms with Crippen molar-refractivity contribution in [2.45, 2.75) is 32.2 Å². The Balaban J connectivity index is 2.71. The molecule has 1 aliphatic carbocycles. The van der Waals surface area contributed by atoms with Crippen LogP contribution in [-0.2, 0) is 4.79 Å². The van der Waals surface area contributed by atoms with Crippen molar-refractivity contribution in [2.75, 3.05) is 0 Å². The van der Waals surface area contributed by atoms with Gasteiger partial charge in [-0.3, -0.25) is 4.79 Å². The minimum atomic E-state index is -0.371. The molecule has 0 radical (unpaired) electrons. The van der Waals surface area contributed by atoms with Crippen LogP contribution in [-0.4, -0.2) is 11.3 Å². The fourth-order valence-corrected chi connectivity index (χ4v) is 2.06. The number of carbonyl (C=O) groups is 1. The molecule has 5 heteroatoms. The molecule has 0 aromatic heterocycles. The van der Waals surface area contributed by atoms with Gasteiger partial charge in [0.2, 0.25) is 5.24 Å². The van der Waals surface area contributed by atoms with E-state index >= 15 is 0 Å². The summed E-state index contributed by atoms with van der Waals surface area (Å²) in [5.74, 6) is 0.247. The lowest BCUT2D eigenvalue weighted by Gasteiger charge is -2.29. The quantitative estimate of drug-likeness (QED) is 0.293. The average molecular weight is 202 g/mol. The molecule has 72 valence electrons.